The topological polar surface area (TPSA) is 48.5 Å². The van der Waals surface area contributed by atoms with Gasteiger partial charge in [-0.3, -0.25) is 4.98 Å². The summed E-state index contributed by atoms with van der Waals surface area (Å²) in [7, 11) is 0. The second kappa shape index (κ2) is 6.76. The zero-order valence-electron chi connectivity index (χ0n) is 13.3. The van der Waals surface area contributed by atoms with E-state index in [0.717, 1.165) is 32.5 Å². The normalized spacial score (nSPS) is 11.3. The van der Waals surface area contributed by atoms with E-state index in [9.17, 15) is 4.39 Å². The molecule has 126 valence electrons. The lowest BCUT2D eigenvalue weighted by molar-refractivity contribution is 0.451. The van der Waals surface area contributed by atoms with Crippen molar-refractivity contribution in [2.45, 2.75) is 13.1 Å². The highest BCUT2D eigenvalue weighted by atomic mass is 79.9. The van der Waals surface area contributed by atoms with Crippen LogP contribution in [0.4, 0.5) is 4.39 Å². The van der Waals surface area contributed by atoms with Crippen LogP contribution < -0.4 is 0 Å². The van der Waals surface area contributed by atoms with Crippen LogP contribution in [-0.2, 0) is 13.1 Å². The fraction of sp³-hybridized carbons (Fsp3) is 0.167. The van der Waals surface area contributed by atoms with Crippen molar-refractivity contribution < 1.29 is 4.39 Å². The number of halogens is 2. The molecule has 0 aliphatic rings. The minimum absolute atomic E-state index is 0.258. The number of pyridine rings is 1. The molecule has 3 aromatic heterocycles. The van der Waals surface area contributed by atoms with Crippen molar-refractivity contribution in [2.24, 2.45) is 0 Å². The van der Waals surface area contributed by atoms with Gasteiger partial charge >= 0.3 is 0 Å². The Morgan fingerprint density at radius 2 is 2.04 bits per heavy atom. The molecule has 4 rings (SSSR count). The lowest BCUT2D eigenvalue weighted by atomic mass is 10.2. The minimum Gasteiger partial charge on any atom is -0.333 e. The van der Waals surface area contributed by atoms with Crippen LogP contribution in [0.1, 0.15) is 5.56 Å². The SMILES string of the molecule is FCCn1c(-c2cncc(Cn3ccnc3)c2)nc2ccc(Br)cc21. The lowest BCUT2D eigenvalue weighted by Crippen LogP contribution is -2.03. The molecule has 3 heterocycles. The molecule has 0 saturated carbocycles. The highest BCUT2D eigenvalue weighted by molar-refractivity contribution is 9.10. The Morgan fingerprint density at radius 1 is 1.12 bits per heavy atom. The predicted molar refractivity (Wildman–Crippen MR) is 98.0 cm³/mol. The minimum atomic E-state index is -0.451. The molecular formula is C18H15BrFN5. The van der Waals surface area contributed by atoms with Gasteiger partial charge in [0.1, 0.15) is 12.5 Å². The Balaban J connectivity index is 1.79. The predicted octanol–water partition coefficient (Wildman–Crippen LogP) is 4.08. The fourth-order valence-corrected chi connectivity index (χ4v) is 3.26. The molecule has 0 spiro atoms. The number of aromatic nitrogens is 5. The van der Waals surface area contributed by atoms with E-state index in [2.05, 4.69) is 25.9 Å². The Bertz CT molecular complexity index is 1010. The van der Waals surface area contributed by atoms with Crippen LogP contribution in [0.25, 0.3) is 22.4 Å². The molecular weight excluding hydrogens is 385 g/mol. The quantitative estimate of drug-likeness (QED) is 0.508. The molecule has 1 aromatic carbocycles. The molecule has 0 fully saturated rings. The first kappa shape index (κ1) is 16.0. The second-order valence-electron chi connectivity index (χ2n) is 5.73. The Hall–Kier alpha value is -2.54. The Morgan fingerprint density at radius 3 is 2.84 bits per heavy atom. The van der Waals surface area contributed by atoms with Crippen molar-refractivity contribution in [3.05, 3.63) is 65.4 Å². The van der Waals surface area contributed by atoms with E-state index in [1.165, 1.54) is 0 Å². The molecule has 0 atom stereocenters. The number of benzene rings is 1. The van der Waals surface area contributed by atoms with Crippen LogP contribution in [0, 0.1) is 0 Å². The summed E-state index contributed by atoms with van der Waals surface area (Å²) in [5.74, 6) is 0.728. The maximum Gasteiger partial charge on any atom is 0.142 e. The molecule has 4 aromatic rings. The number of hydrogen-bond acceptors (Lipinski definition) is 3. The van der Waals surface area contributed by atoms with Crippen molar-refractivity contribution in [3.63, 3.8) is 0 Å². The summed E-state index contributed by atoms with van der Waals surface area (Å²) in [6.07, 6.45) is 9.01. The molecule has 0 bridgehead atoms. The van der Waals surface area contributed by atoms with Gasteiger partial charge in [-0.1, -0.05) is 15.9 Å². The summed E-state index contributed by atoms with van der Waals surface area (Å²) in [5.41, 5.74) is 3.66. The van der Waals surface area contributed by atoms with Crippen LogP contribution in [-0.4, -0.2) is 30.8 Å². The summed E-state index contributed by atoms with van der Waals surface area (Å²) >= 11 is 3.47. The van der Waals surface area contributed by atoms with Crippen molar-refractivity contribution in [1.82, 2.24) is 24.1 Å². The van der Waals surface area contributed by atoms with E-state index in [1.54, 1.807) is 18.7 Å². The van der Waals surface area contributed by atoms with E-state index in [-0.39, 0.29) is 6.54 Å². The zero-order valence-corrected chi connectivity index (χ0v) is 14.9. The first-order valence-corrected chi connectivity index (χ1v) is 8.65. The number of fused-ring (bicyclic) bond motifs is 1. The standard InChI is InChI=1S/C18H15BrFN5/c19-15-1-2-16-17(8-15)25(5-3-20)18(23-16)14-7-13(9-22-10-14)11-24-6-4-21-12-24/h1-2,4,6-10,12H,3,5,11H2. The summed E-state index contributed by atoms with van der Waals surface area (Å²) in [6, 6.07) is 7.87. The molecule has 25 heavy (non-hydrogen) atoms. The second-order valence-corrected chi connectivity index (χ2v) is 6.64. The molecule has 5 nitrogen and oxygen atoms in total. The first-order valence-electron chi connectivity index (χ1n) is 7.86. The average Bonchev–Trinajstić information content (AvgIpc) is 3.24. The van der Waals surface area contributed by atoms with Gasteiger partial charge in [0.2, 0.25) is 0 Å². The number of hydrogen-bond donors (Lipinski definition) is 0. The van der Waals surface area contributed by atoms with Crippen LogP contribution >= 0.6 is 15.9 Å². The van der Waals surface area contributed by atoms with Crippen LogP contribution in [0.3, 0.4) is 0 Å². The Kier molecular flexibility index (Phi) is 4.31. The zero-order chi connectivity index (χ0) is 17.2. The maximum atomic E-state index is 13.1. The van der Waals surface area contributed by atoms with Gasteiger partial charge in [0.15, 0.2) is 0 Å². The monoisotopic (exact) mass is 399 g/mol. The van der Waals surface area contributed by atoms with Gasteiger partial charge in [0.05, 0.1) is 30.5 Å². The van der Waals surface area contributed by atoms with E-state index >= 15 is 0 Å². The third-order valence-corrected chi connectivity index (χ3v) is 4.49. The van der Waals surface area contributed by atoms with Crippen molar-refractivity contribution >= 4 is 27.0 Å². The summed E-state index contributed by atoms with van der Waals surface area (Å²) in [6.45, 7) is 0.483. The summed E-state index contributed by atoms with van der Waals surface area (Å²) in [4.78, 5) is 13.1. The molecule has 0 saturated heterocycles. The molecule has 0 aliphatic carbocycles. The van der Waals surface area contributed by atoms with Crippen molar-refractivity contribution in [2.75, 3.05) is 6.67 Å². The number of rotatable bonds is 5. The molecule has 0 unspecified atom stereocenters. The highest BCUT2D eigenvalue weighted by Gasteiger charge is 2.14. The summed E-state index contributed by atoms with van der Waals surface area (Å²) in [5, 5.41) is 0. The van der Waals surface area contributed by atoms with Crippen LogP contribution in [0.5, 0.6) is 0 Å². The maximum absolute atomic E-state index is 13.1. The van der Waals surface area contributed by atoms with E-state index in [4.69, 9.17) is 4.98 Å². The van der Waals surface area contributed by atoms with Gasteiger partial charge in [-0.2, -0.15) is 0 Å². The van der Waals surface area contributed by atoms with Crippen LogP contribution in [0.15, 0.2) is 59.9 Å². The van der Waals surface area contributed by atoms with Crippen LogP contribution in [0.2, 0.25) is 0 Å². The molecule has 0 amide bonds. The fourth-order valence-electron chi connectivity index (χ4n) is 2.91. The summed E-state index contributed by atoms with van der Waals surface area (Å²) < 4.78 is 17.9. The number of aryl methyl sites for hydroxylation is 1. The molecule has 7 heteroatoms. The third-order valence-electron chi connectivity index (χ3n) is 4.00. The average molecular weight is 400 g/mol. The van der Waals surface area contributed by atoms with Gasteiger partial charge in [-0.25, -0.2) is 14.4 Å². The van der Waals surface area contributed by atoms with Crippen molar-refractivity contribution in [3.8, 4) is 11.4 Å². The number of imidazole rings is 2. The smallest absolute Gasteiger partial charge is 0.142 e. The van der Waals surface area contributed by atoms with Crippen molar-refractivity contribution in [1.29, 1.82) is 0 Å². The highest BCUT2D eigenvalue weighted by Crippen LogP contribution is 2.27. The van der Waals surface area contributed by atoms with Gasteiger partial charge in [-0.15, -0.1) is 0 Å². The van der Waals surface area contributed by atoms with Gasteiger partial charge in [0, 0.05) is 34.8 Å². The lowest BCUT2D eigenvalue weighted by Gasteiger charge is -2.08. The van der Waals surface area contributed by atoms with Gasteiger partial charge < -0.3 is 9.13 Å². The van der Waals surface area contributed by atoms with E-state index in [1.807, 2.05) is 45.8 Å². The van der Waals surface area contributed by atoms with Gasteiger partial charge in [0.25, 0.3) is 0 Å². The third kappa shape index (κ3) is 3.19. The first-order chi connectivity index (χ1) is 12.2. The van der Waals surface area contributed by atoms with E-state index < -0.39 is 6.67 Å². The Labute approximate surface area is 152 Å². The number of alkyl halides is 1. The van der Waals surface area contributed by atoms with E-state index in [0.29, 0.717) is 6.54 Å². The molecule has 0 radical (unpaired) electrons. The number of nitrogens with zero attached hydrogens (tertiary/aromatic N) is 5. The largest absolute Gasteiger partial charge is 0.333 e. The van der Waals surface area contributed by atoms with Gasteiger partial charge in [-0.05, 0) is 29.8 Å². The molecule has 0 N–H and O–H groups in total. The molecule has 0 aliphatic heterocycles.